The van der Waals surface area contributed by atoms with Crippen molar-refractivity contribution in [3.05, 3.63) is 35.1 Å². The molecule has 0 heterocycles. The minimum absolute atomic E-state index is 0.0446. The van der Waals surface area contributed by atoms with Crippen LogP contribution in [-0.4, -0.2) is 5.78 Å². The quantitative estimate of drug-likeness (QED) is 0.594. The Labute approximate surface area is 157 Å². The van der Waals surface area contributed by atoms with Gasteiger partial charge < -0.3 is 0 Å². The molecule has 0 saturated heterocycles. The molecule has 2 fully saturated rings. The first kappa shape index (κ1) is 18.2. The van der Waals surface area contributed by atoms with E-state index >= 15 is 0 Å². The highest BCUT2D eigenvalue weighted by molar-refractivity contribution is 6.02. The van der Waals surface area contributed by atoms with Gasteiger partial charge in [-0.15, -0.1) is 0 Å². The molecule has 0 spiro atoms. The minimum atomic E-state index is -0.312. The average molecular weight is 357 g/mol. The molecule has 0 aromatic heterocycles. The van der Waals surface area contributed by atoms with Gasteiger partial charge in [0.25, 0.3) is 0 Å². The van der Waals surface area contributed by atoms with Crippen LogP contribution in [0, 0.1) is 35.4 Å². The summed E-state index contributed by atoms with van der Waals surface area (Å²) < 4.78 is 14.1. The van der Waals surface area contributed by atoms with Gasteiger partial charge in [0.15, 0.2) is 5.78 Å². The van der Waals surface area contributed by atoms with Crippen molar-refractivity contribution in [1.82, 2.24) is 0 Å². The standard InChI is InChI=1S/C24H33FO/c1-2-4-16-7-9-17(10-8-16)18-11-13-19(14-12-18)21-15-20-5-3-6-22(25)23(20)24(21)26/h3,5-6,16-19,21H,2,4,7-15H2,1H3. The number of hydrogen-bond acceptors (Lipinski definition) is 1. The Balaban J connectivity index is 1.31. The Morgan fingerprint density at radius 2 is 1.54 bits per heavy atom. The molecule has 0 radical (unpaired) electrons. The fraction of sp³-hybridized carbons (Fsp3) is 0.708. The van der Waals surface area contributed by atoms with Crippen molar-refractivity contribution in [3.8, 4) is 0 Å². The van der Waals surface area contributed by atoms with Crippen molar-refractivity contribution in [3.63, 3.8) is 0 Å². The van der Waals surface area contributed by atoms with Gasteiger partial charge in [-0.1, -0.05) is 44.7 Å². The summed E-state index contributed by atoms with van der Waals surface area (Å²) in [6, 6.07) is 5.12. The van der Waals surface area contributed by atoms with Gasteiger partial charge in [-0.3, -0.25) is 4.79 Å². The molecule has 0 N–H and O–H groups in total. The molecule has 0 bridgehead atoms. The second-order valence-electron chi connectivity index (χ2n) is 9.19. The van der Waals surface area contributed by atoms with Gasteiger partial charge in [-0.25, -0.2) is 4.39 Å². The number of carbonyl (C=O) groups excluding carboxylic acids is 1. The molecule has 3 aliphatic carbocycles. The van der Waals surface area contributed by atoms with Crippen molar-refractivity contribution in [2.45, 2.75) is 77.6 Å². The molecule has 26 heavy (non-hydrogen) atoms. The molecule has 1 aromatic rings. The topological polar surface area (TPSA) is 17.1 Å². The second kappa shape index (κ2) is 7.82. The molecule has 1 atom stereocenters. The molecule has 1 aromatic carbocycles. The number of benzene rings is 1. The summed E-state index contributed by atoms with van der Waals surface area (Å²) in [6.07, 6.45) is 14.2. The van der Waals surface area contributed by atoms with Gasteiger partial charge in [-0.2, -0.15) is 0 Å². The van der Waals surface area contributed by atoms with Crippen molar-refractivity contribution in [1.29, 1.82) is 0 Å². The van der Waals surface area contributed by atoms with E-state index in [9.17, 15) is 9.18 Å². The molecule has 4 rings (SSSR count). The number of fused-ring (bicyclic) bond motifs is 1. The number of ketones is 1. The van der Waals surface area contributed by atoms with Crippen LogP contribution in [0.3, 0.4) is 0 Å². The average Bonchev–Trinajstić information content (AvgIpc) is 3.01. The lowest BCUT2D eigenvalue weighted by Gasteiger charge is -2.39. The molecular formula is C24H33FO. The Morgan fingerprint density at radius 3 is 2.15 bits per heavy atom. The normalized spacial score (nSPS) is 34.7. The lowest BCUT2D eigenvalue weighted by atomic mass is 9.66. The van der Waals surface area contributed by atoms with Gasteiger partial charge >= 0.3 is 0 Å². The fourth-order valence-corrected chi connectivity index (χ4v) is 6.29. The minimum Gasteiger partial charge on any atom is -0.294 e. The van der Waals surface area contributed by atoms with E-state index in [2.05, 4.69) is 6.92 Å². The van der Waals surface area contributed by atoms with Crippen LogP contribution in [0.4, 0.5) is 4.39 Å². The van der Waals surface area contributed by atoms with E-state index < -0.39 is 0 Å². The zero-order chi connectivity index (χ0) is 18.1. The summed E-state index contributed by atoms with van der Waals surface area (Å²) in [6.45, 7) is 2.31. The lowest BCUT2D eigenvalue weighted by Crippen LogP contribution is -2.30. The van der Waals surface area contributed by atoms with Gasteiger partial charge in [-0.05, 0) is 80.2 Å². The van der Waals surface area contributed by atoms with Crippen molar-refractivity contribution >= 4 is 5.78 Å². The summed E-state index contributed by atoms with van der Waals surface area (Å²) >= 11 is 0. The highest BCUT2D eigenvalue weighted by Crippen LogP contribution is 2.45. The van der Waals surface area contributed by atoms with Crippen molar-refractivity contribution in [2.24, 2.45) is 29.6 Å². The number of Topliss-reactive ketones (excluding diaryl/α,β-unsaturated/α-hetero) is 1. The van der Waals surface area contributed by atoms with Gasteiger partial charge in [0, 0.05) is 5.92 Å². The second-order valence-corrected chi connectivity index (χ2v) is 9.19. The number of carbonyl (C=O) groups is 1. The summed E-state index contributed by atoms with van der Waals surface area (Å²) in [5.74, 6) is 3.08. The summed E-state index contributed by atoms with van der Waals surface area (Å²) in [5, 5.41) is 0. The molecule has 2 heteroatoms. The van der Waals surface area contributed by atoms with Gasteiger partial charge in [0.05, 0.1) is 5.56 Å². The third-order valence-electron chi connectivity index (χ3n) is 7.76. The predicted octanol–water partition coefficient (Wildman–Crippen LogP) is 6.59. The lowest BCUT2D eigenvalue weighted by molar-refractivity contribution is 0.0808. The maximum Gasteiger partial charge on any atom is 0.169 e. The highest BCUT2D eigenvalue weighted by atomic mass is 19.1. The van der Waals surface area contributed by atoms with Crippen LogP contribution in [0.2, 0.25) is 0 Å². The highest BCUT2D eigenvalue weighted by Gasteiger charge is 2.40. The molecule has 1 nitrogen and oxygen atoms in total. The Morgan fingerprint density at radius 1 is 0.923 bits per heavy atom. The fourth-order valence-electron chi connectivity index (χ4n) is 6.29. The van der Waals surface area contributed by atoms with E-state index in [1.807, 2.05) is 6.07 Å². The largest absolute Gasteiger partial charge is 0.294 e. The smallest absolute Gasteiger partial charge is 0.169 e. The van der Waals surface area contributed by atoms with E-state index in [1.54, 1.807) is 6.07 Å². The van der Waals surface area contributed by atoms with Crippen molar-refractivity contribution < 1.29 is 9.18 Å². The SMILES string of the molecule is CCCC1CCC(C2CCC(C3Cc4cccc(F)c4C3=O)CC2)CC1. The third-order valence-corrected chi connectivity index (χ3v) is 7.76. The van der Waals surface area contributed by atoms with Crippen LogP contribution >= 0.6 is 0 Å². The molecule has 142 valence electrons. The van der Waals surface area contributed by atoms with Gasteiger partial charge in [0.1, 0.15) is 5.82 Å². The summed E-state index contributed by atoms with van der Waals surface area (Å²) in [5.41, 5.74) is 1.34. The maximum atomic E-state index is 14.1. The zero-order valence-electron chi connectivity index (χ0n) is 16.2. The first-order valence-corrected chi connectivity index (χ1v) is 11.0. The van der Waals surface area contributed by atoms with Gasteiger partial charge in [0.2, 0.25) is 0 Å². The first-order valence-electron chi connectivity index (χ1n) is 11.0. The van der Waals surface area contributed by atoms with E-state index in [-0.39, 0.29) is 17.5 Å². The predicted molar refractivity (Wildman–Crippen MR) is 104 cm³/mol. The summed E-state index contributed by atoms with van der Waals surface area (Å²) in [4.78, 5) is 12.8. The molecule has 0 amide bonds. The van der Waals surface area contributed by atoms with Crippen LogP contribution in [0.5, 0.6) is 0 Å². The Hall–Kier alpha value is -1.18. The van der Waals surface area contributed by atoms with E-state index in [0.717, 1.165) is 29.7 Å². The van der Waals surface area contributed by atoms with Crippen LogP contribution in [0.15, 0.2) is 18.2 Å². The number of rotatable bonds is 4. The number of hydrogen-bond donors (Lipinski definition) is 0. The van der Waals surface area contributed by atoms with E-state index in [0.29, 0.717) is 11.5 Å². The van der Waals surface area contributed by atoms with Crippen LogP contribution < -0.4 is 0 Å². The molecular weight excluding hydrogens is 323 g/mol. The van der Waals surface area contributed by atoms with E-state index in [1.165, 1.54) is 70.3 Å². The van der Waals surface area contributed by atoms with Crippen LogP contribution in [0.1, 0.15) is 87.1 Å². The van der Waals surface area contributed by atoms with Crippen molar-refractivity contribution in [2.75, 3.05) is 0 Å². The molecule has 3 aliphatic rings. The zero-order valence-corrected chi connectivity index (χ0v) is 16.2. The van der Waals surface area contributed by atoms with E-state index in [4.69, 9.17) is 0 Å². The Bertz CT molecular complexity index is 636. The molecule has 0 aliphatic heterocycles. The number of halogens is 1. The summed E-state index contributed by atoms with van der Waals surface area (Å²) in [7, 11) is 0. The van der Waals surface area contributed by atoms with Crippen LogP contribution in [0.25, 0.3) is 0 Å². The Kier molecular flexibility index (Phi) is 5.47. The molecule has 1 unspecified atom stereocenters. The first-order chi connectivity index (χ1) is 12.7. The maximum absolute atomic E-state index is 14.1. The monoisotopic (exact) mass is 356 g/mol. The molecule has 2 saturated carbocycles. The third kappa shape index (κ3) is 3.49. The van der Waals surface area contributed by atoms with Crippen LogP contribution in [-0.2, 0) is 6.42 Å².